The van der Waals surface area contributed by atoms with Gasteiger partial charge in [0.2, 0.25) is 15.9 Å². The number of thioether (sulfide) groups is 1. The predicted molar refractivity (Wildman–Crippen MR) is 108 cm³/mol. The number of nitrogens with one attached hydrogen (secondary N) is 1. The minimum absolute atomic E-state index is 0.00282. The topological polar surface area (TPSA) is 92.5 Å². The summed E-state index contributed by atoms with van der Waals surface area (Å²) >= 11 is 1.70. The molecule has 0 spiro atoms. The number of nitrogens with zero attached hydrogens (tertiary/aromatic N) is 2. The van der Waals surface area contributed by atoms with Gasteiger partial charge in [-0.25, -0.2) is 8.42 Å². The Morgan fingerprint density at radius 3 is 2.54 bits per heavy atom. The summed E-state index contributed by atoms with van der Waals surface area (Å²) in [5.74, 6) is 0.948. The van der Waals surface area contributed by atoms with Crippen LogP contribution in [0.3, 0.4) is 0 Å². The number of piperidine rings is 1. The fourth-order valence-corrected chi connectivity index (χ4v) is 5.88. The van der Waals surface area contributed by atoms with Gasteiger partial charge >= 0.3 is 0 Å². The number of aryl methyl sites for hydroxylation is 2. The van der Waals surface area contributed by atoms with Gasteiger partial charge in [0.15, 0.2) is 5.76 Å². The van der Waals surface area contributed by atoms with E-state index in [9.17, 15) is 13.2 Å². The van der Waals surface area contributed by atoms with Crippen molar-refractivity contribution < 1.29 is 17.7 Å². The summed E-state index contributed by atoms with van der Waals surface area (Å²) in [6.45, 7) is 4.46. The lowest BCUT2D eigenvalue weighted by atomic mass is 9.97. The number of carbonyl (C=O) groups excluding carboxylic acids is 1. The number of hydrogen-bond donors (Lipinski definition) is 1. The number of amides is 1. The highest BCUT2D eigenvalue weighted by Crippen LogP contribution is 2.27. The van der Waals surface area contributed by atoms with Crippen LogP contribution in [0.4, 0.5) is 0 Å². The molecule has 9 heteroatoms. The highest BCUT2D eigenvalue weighted by Gasteiger charge is 2.35. The number of carbonyl (C=O) groups is 1. The van der Waals surface area contributed by atoms with Crippen molar-refractivity contribution >= 4 is 27.7 Å². The van der Waals surface area contributed by atoms with Crippen LogP contribution in [0.5, 0.6) is 0 Å². The predicted octanol–water partition coefficient (Wildman–Crippen LogP) is 2.60. The van der Waals surface area contributed by atoms with Gasteiger partial charge in [-0.3, -0.25) is 4.79 Å². The van der Waals surface area contributed by atoms with Gasteiger partial charge in [-0.1, -0.05) is 23.4 Å². The molecule has 0 saturated carbocycles. The maximum atomic E-state index is 12.8. The summed E-state index contributed by atoms with van der Waals surface area (Å²) in [6.07, 6.45) is 1.03. The van der Waals surface area contributed by atoms with Gasteiger partial charge in [-0.05, 0) is 38.8 Å². The molecule has 28 heavy (non-hydrogen) atoms. The van der Waals surface area contributed by atoms with Crippen LogP contribution in [-0.2, 0) is 14.8 Å². The summed E-state index contributed by atoms with van der Waals surface area (Å²) in [6, 6.07) is 10.0. The summed E-state index contributed by atoms with van der Waals surface area (Å²) in [5.41, 5.74) is 0.369. The molecule has 1 amide bonds. The fraction of sp³-hybridized carbons (Fsp3) is 0.474. The summed E-state index contributed by atoms with van der Waals surface area (Å²) in [4.78, 5) is 13.7. The third-order valence-corrected chi connectivity index (χ3v) is 7.96. The lowest BCUT2D eigenvalue weighted by Crippen LogP contribution is -2.43. The fourth-order valence-electron chi connectivity index (χ4n) is 3.33. The van der Waals surface area contributed by atoms with E-state index >= 15 is 0 Å². The Hall–Kier alpha value is -1.84. The van der Waals surface area contributed by atoms with Crippen LogP contribution in [-0.4, -0.2) is 49.2 Å². The van der Waals surface area contributed by atoms with Crippen molar-refractivity contribution in [1.29, 1.82) is 0 Å². The van der Waals surface area contributed by atoms with Crippen molar-refractivity contribution in [3.8, 4) is 0 Å². The molecule has 1 fully saturated rings. The molecule has 1 aliphatic rings. The minimum Gasteiger partial charge on any atom is -0.360 e. The number of hydrogen-bond acceptors (Lipinski definition) is 6. The largest absolute Gasteiger partial charge is 0.360 e. The second-order valence-electron chi connectivity index (χ2n) is 6.78. The third-order valence-electron chi connectivity index (χ3n) is 4.80. The molecule has 1 saturated heterocycles. The molecule has 0 unspecified atom stereocenters. The summed E-state index contributed by atoms with van der Waals surface area (Å²) in [7, 11) is -3.64. The Bertz CT molecular complexity index is 885. The van der Waals surface area contributed by atoms with Crippen molar-refractivity contribution in [1.82, 2.24) is 14.8 Å². The van der Waals surface area contributed by atoms with Gasteiger partial charge in [-0.2, -0.15) is 4.31 Å². The zero-order chi connectivity index (χ0) is 20.1. The molecule has 2 aromatic rings. The second kappa shape index (κ2) is 9.11. The Kier molecular flexibility index (Phi) is 6.79. The molecule has 3 rings (SSSR count). The highest BCUT2D eigenvalue weighted by molar-refractivity contribution is 7.99. The van der Waals surface area contributed by atoms with Crippen molar-refractivity contribution in [2.75, 3.05) is 25.4 Å². The van der Waals surface area contributed by atoms with Gasteiger partial charge in [0.25, 0.3) is 0 Å². The molecular weight excluding hydrogens is 398 g/mol. The van der Waals surface area contributed by atoms with Crippen LogP contribution in [0.1, 0.15) is 24.3 Å². The Morgan fingerprint density at radius 2 is 1.93 bits per heavy atom. The van der Waals surface area contributed by atoms with Crippen molar-refractivity contribution in [3.63, 3.8) is 0 Å². The lowest BCUT2D eigenvalue weighted by molar-refractivity contribution is -0.125. The number of benzene rings is 1. The number of rotatable bonds is 7. The molecule has 0 radical (unpaired) electrons. The van der Waals surface area contributed by atoms with Gasteiger partial charge in [0, 0.05) is 36.2 Å². The summed E-state index contributed by atoms with van der Waals surface area (Å²) < 4.78 is 32.1. The normalized spacial score (nSPS) is 16.2. The lowest BCUT2D eigenvalue weighted by Gasteiger charge is -2.30. The zero-order valence-electron chi connectivity index (χ0n) is 16.1. The first kappa shape index (κ1) is 20.9. The monoisotopic (exact) mass is 423 g/mol. The SMILES string of the molecule is Cc1noc(C)c1S(=O)(=O)N1CCC(C(=O)NCCSc2ccccc2)CC1. The van der Waals surface area contributed by atoms with E-state index in [1.807, 2.05) is 30.3 Å². The minimum atomic E-state index is -3.64. The maximum Gasteiger partial charge on any atom is 0.248 e. The van der Waals surface area contributed by atoms with Crippen molar-refractivity contribution in [3.05, 3.63) is 41.8 Å². The van der Waals surface area contributed by atoms with Gasteiger partial charge in [-0.15, -0.1) is 11.8 Å². The Morgan fingerprint density at radius 1 is 1.25 bits per heavy atom. The Labute approximate surface area is 169 Å². The molecule has 0 aliphatic carbocycles. The molecule has 1 aliphatic heterocycles. The molecule has 0 atom stereocenters. The zero-order valence-corrected chi connectivity index (χ0v) is 17.7. The van der Waals surface area contributed by atoms with Gasteiger partial charge < -0.3 is 9.84 Å². The summed E-state index contributed by atoms with van der Waals surface area (Å²) in [5, 5.41) is 6.71. The van der Waals surface area contributed by atoms with Gasteiger partial charge in [0.05, 0.1) is 0 Å². The first-order chi connectivity index (χ1) is 13.4. The van der Waals surface area contributed by atoms with Crippen LogP contribution >= 0.6 is 11.8 Å². The molecular formula is C19H25N3O4S2. The van der Waals surface area contributed by atoms with E-state index in [1.54, 1.807) is 25.6 Å². The smallest absolute Gasteiger partial charge is 0.248 e. The standard InChI is InChI=1S/C19H25N3O4S2/c1-14-18(15(2)26-21-14)28(24,25)22-11-8-16(9-12-22)19(23)20-10-13-27-17-6-4-3-5-7-17/h3-7,16H,8-13H2,1-2H3,(H,20,23). The average Bonchev–Trinajstić information content (AvgIpc) is 3.05. The van der Waals surface area contributed by atoms with E-state index in [4.69, 9.17) is 4.52 Å². The molecule has 152 valence electrons. The Balaban J connectivity index is 1.46. The average molecular weight is 424 g/mol. The molecule has 7 nitrogen and oxygen atoms in total. The molecule has 1 aromatic carbocycles. The van der Waals surface area contributed by atoms with Crippen LogP contribution in [0.2, 0.25) is 0 Å². The third kappa shape index (κ3) is 4.76. The van der Waals surface area contributed by atoms with E-state index in [1.165, 1.54) is 9.20 Å². The van der Waals surface area contributed by atoms with Crippen LogP contribution < -0.4 is 5.32 Å². The first-order valence-electron chi connectivity index (χ1n) is 9.28. The van der Waals surface area contributed by atoms with E-state index in [0.717, 1.165) is 5.75 Å². The molecule has 1 aromatic heterocycles. The van der Waals surface area contributed by atoms with E-state index in [-0.39, 0.29) is 16.7 Å². The van der Waals surface area contributed by atoms with E-state index in [2.05, 4.69) is 10.5 Å². The maximum absolute atomic E-state index is 12.8. The van der Waals surface area contributed by atoms with E-state index < -0.39 is 10.0 Å². The number of sulfonamides is 1. The second-order valence-corrected chi connectivity index (χ2v) is 9.83. The van der Waals surface area contributed by atoms with Gasteiger partial charge in [0.1, 0.15) is 10.6 Å². The molecule has 0 bridgehead atoms. The quantitative estimate of drug-likeness (QED) is 0.544. The van der Waals surface area contributed by atoms with Crippen LogP contribution in [0, 0.1) is 19.8 Å². The first-order valence-corrected chi connectivity index (χ1v) is 11.7. The molecule has 1 N–H and O–H groups in total. The number of aromatic nitrogens is 1. The van der Waals surface area contributed by atoms with Crippen LogP contribution in [0.15, 0.2) is 44.6 Å². The van der Waals surface area contributed by atoms with E-state index in [0.29, 0.717) is 43.9 Å². The highest BCUT2D eigenvalue weighted by atomic mass is 32.2. The van der Waals surface area contributed by atoms with Crippen LogP contribution in [0.25, 0.3) is 0 Å². The van der Waals surface area contributed by atoms with Crippen molar-refractivity contribution in [2.24, 2.45) is 5.92 Å². The molecule has 2 heterocycles. The van der Waals surface area contributed by atoms with Crippen molar-refractivity contribution in [2.45, 2.75) is 36.5 Å².